The van der Waals surface area contributed by atoms with Crippen LogP contribution in [0.1, 0.15) is 18.5 Å². The quantitative estimate of drug-likeness (QED) is 0.682. The van der Waals surface area contributed by atoms with E-state index in [-0.39, 0.29) is 0 Å². The lowest BCUT2D eigenvalue weighted by Crippen LogP contribution is -2.35. The van der Waals surface area contributed by atoms with E-state index in [1.54, 1.807) is 7.11 Å². The highest BCUT2D eigenvalue weighted by molar-refractivity contribution is 5.84. The van der Waals surface area contributed by atoms with Crippen LogP contribution < -0.4 is 15.4 Å². The number of hydrogen-bond donors (Lipinski definition) is 3. The maximum Gasteiger partial charge on any atom is 0.133 e. The fourth-order valence-corrected chi connectivity index (χ4v) is 3.37. The summed E-state index contributed by atoms with van der Waals surface area (Å²) in [6.45, 7) is 4.14. The molecule has 0 radical (unpaired) electrons. The molecule has 0 saturated carbocycles. The average molecular weight is 337 g/mol. The molecular weight excluding hydrogens is 314 g/mol. The van der Waals surface area contributed by atoms with E-state index in [0.717, 1.165) is 65.4 Å². The van der Waals surface area contributed by atoms with Crippen LogP contribution >= 0.6 is 0 Å². The fraction of sp³-hybridized carbons (Fsp3) is 0.368. The largest absolute Gasteiger partial charge is 0.496 e. The number of aromatic nitrogens is 3. The molecule has 0 spiro atoms. The molecule has 0 unspecified atom stereocenters. The van der Waals surface area contributed by atoms with Crippen molar-refractivity contribution >= 4 is 16.7 Å². The number of fused-ring (bicyclic) bond motifs is 1. The number of aromatic amines is 1. The molecule has 25 heavy (non-hydrogen) atoms. The third-order valence-electron chi connectivity index (χ3n) is 4.69. The topological polar surface area (TPSA) is 74.9 Å². The van der Waals surface area contributed by atoms with E-state index in [4.69, 9.17) is 4.74 Å². The summed E-state index contributed by atoms with van der Waals surface area (Å²) in [5.74, 6) is 1.63. The minimum atomic E-state index is 0.459. The molecule has 1 aliphatic heterocycles. The molecule has 1 aliphatic rings. The number of methoxy groups -OCH3 is 1. The molecule has 1 fully saturated rings. The van der Waals surface area contributed by atoms with Crippen LogP contribution in [0.5, 0.6) is 5.75 Å². The molecule has 4 heterocycles. The zero-order valence-corrected chi connectivity index (χ0v) is 14.6. The van der Waals surface area contributed by atoms with Gasteiger partial charge in [0.15, 0.2) is 0 Å². The van der Waals surface area contributed by atoms with Gasteiger partial charge in [-0.15, -0.1) is 0 Å². The Hall–Kier alpha value is -2.60. The number of ether oxygens (including phenoxy) is 1. The number of rotatable bonds is 4. The Labute approximate surface area is 147 Å². The van der Waals surface area contributed by atoms with Crippen molar-refractivity contribution in [2.45, 2.75) is 25.8 Å². The summed E-state index contributed by atoms with van der Waals surface area (Å²) in [6, 6.07) is 6.55. The lowest BCUT2D eigenvalue weighted by Gasteiger charge is -2.24. The zero-order chi connectivity index (χ0) is 17.2. The standard InChI is InChI=1S/C19H23N5O/c1-12-7-13-10-21-17(8-16(13)23-12)15-11-22-19(9-18(15)25-2)24-14-3-5-20-6-4-14/h7-11,14,20,23H,3-6H2,1-2H3,(H,22,24). The highest BCUT2D eigenvalue weighted by atomic mass is 16.5. The van der Waals surface area contributed by atoms with Crippen LogP contribution in [-0.2, 0) is 0 Å². The maximum absolute atomic E-state index is 5.60. The Morgan fingerprint density at radius 2 is 1.96 bits per heavy atom. The van der Waals surface area contributed by atoms with E-state index in [0.29, 0.717) is 6.04 Å². The Bertz CT molecular complexity index is 883. The number of pyridine rings is 2. The smallest absolute Gasteiger partial charge is 0.133 e. The Morgan fingerprint density at radius 1 is 1.12 bits per heavy atom. The number of anilines is 1. The van der Waals surface area contributed by atoms with E-state index in [1.807, 2.05) is 31.5 Å². The molecule has 1 saturated heterocycles. The predicted molar refractivity (Wildman–Crippen MR) is 100 cm³/mol. The molecule has 3 N–H and O–H groups in total. The van der Waals surface area contributed by atoms with Crippen LogP contribution in [0, 0.1) is 6.92 Å². The van der Waals surface area contributed by atoms with Gasteiger partial charge in [-0.1, -0.05) is 0 Å². The van der Waals surface area contributed by atoms with E-state index in [1.165, 1.54) is 0 Å². The van der Waals surface area contributed by atoms with Crippen LogP contribution in [0.15, 0.2) is 30.6 Å². The van der Waals surface area contributed by atoms with Crippen LogP contribution in [0.2, 0.25) is 0 Å². The van der Waals surface area contributed by atoms with Gasteiger partial charge in [-0.2, -0.15) is 0 Å². The summed E-state index contributed by atoms with van der Waals surface area (Å²) < 4.78 is 5.60. The van der Waals surface area contributed by atoms with Gasteiger partial charge in [-0.3, -0.25) is 4.98 Å². The van der Waals surface area contributed by atoms with Gasteiger partial charge in [0.25, 0.3) is 0 Å². The fourth-order valence-electron chi connectivity index (χ4n) is 3.37. The van der Waals surface area contributed by atoms with E-state index in [2.05, 4.69) is 31.7 Å². The van der Waals surface area contributed by atoms with Crippen molar-refractivity contribution in [2.24, 2.45) is 0 Å². The molecular formula is C19H23N5O. The average Bonchev–Trinajstić information content (AvgIpc) is 3.01. The number of H-pyrrole nitrogens is 1. The molecule has 0 aliphatic carbocycles. The van der Waals surface area contributed by atoms with Gasteiger partial charge < -0.3 is 20.4 Å². The van der Waals surface area contributed by atoms with Crippen molar-refractivity contribution in [3.63, 3.8) is 0 Å². The second kappa shape index (κ2) is 6.72. The van der Waals surface area contributed by atoms with Gasteiger partial charge >= 0.3 is 0 Å². The van der Waals surface area contributed by atoms with Gasteiger partial charge in [-0.25, -0.2) is 4.98 Å². The zero-order valence-electron chi connectivity index (χ0n) is 14.6. The molecule has 0 bridgehead atoms. The molecule has 6 nitrogen and oxygen atoms in total. The molecule has 0 amide bonds. The molecule has 4 rings (SSSR count). The number of piperidine rings is 1. The second-order valence-electron chi connectivity index (χ2n) is 6.55. The number of nitrogens with zero attached hydrogens (tertiary/aromatic N) is 2. The summed E-state index contributed by atoms with van der Waals surface area (Å²) >= 11 is 0. The van der Waals surface area contributed by atoms with Crippen LogP contribution in [0.3, 0.4) is 0 Å². The van der Waals surface area contributed by atoms with Crippen molar-refractivity contribution in [3.05, 3.63) is 36.3 Å². The van der Waals surface area contributed by atoms with Gasteiger partial charge in [-0.05, 0) is 45.0 Å². The number of hydrogen-bond acceptors (Lipinski definition) is 5. The Kier molecular flexibility index (Phi) is 4.28. The molecule has 130 valence electrons. The lowest BCUT2D eigenvalue weighted by molar-refractivity contribution is 0.415. The molecule has 0 atom stereocenters. The highest BCUT2D eigenvalue weighted by Crippen LogP contribution is 2.31. The molecule has 3 aromatic rings. The normalized spacial score (nSPS) is 15.4. The van der Waals surface area contributed by atoms with Crippen molar-refractivity contribution in [1.29, 1.82) is 0 Å². The third-order valence-corrected chi connectivity index (χ3v) is 4.69. The molecule has 3 aromatic heterocycles. The summed E-state index contributed by atoms with van der Waals surface area (Å²) in [5.41, 5.74) is 3.95. The van der Waals surface area contributed by atoms with Crippen molar-refractivity contribution in [1.82, 2.24) is 20.3 Å². The van der Waals surface area contributed by atoms with Crippen LogP contribution in [0.25, 0.3) is 22.2 Å². The van der Waals surface area contributed by atoms with Crippen LogP contribution in [0.4, 0.5) is 5.82 Å². The van der Waals surface area contributed by atoms with Crippen LogP contribution in [-0.4, -0.2) is 41.2 Å². The molecule has 0 aromatic carbocycles. The highest BCUT2D eigenvalue weighted by Gasteiger charge is 2.15. The van der Waals surface area contributed by atoms with Crippen molar-refractivity contribution in [2.75, 3.05) is 25.5 Å². The number of aryl methyl sites for hydroxylation is 1. The van der Waals surface area contributed by atoms with Gasteiger partial charge in [0.2, 0.25) is 0 Å². The Morgan fingerprint density at radius 3 is 2.76 bits per heavy atom. The molecule has 6 heteroatoms. The first-order valence-corrected chi connectivity index (χ1v) is 8.70. The van der Waals surface area contributed by atoms with Gasteiger partial charge in [0, 0.05) is 41.1 Å². The minimum absolute atomic E-state index is 0.459. The SMILES string of the molecule is COc1cc(NC2CCNCC2)ncc1-c1cc2[nH]c(C)cc2cn1. The number of nitrogens with one attached hydrogen (secondary N) is 3. The summed E-state index contributed by atoms with van der Waals surface area (Å²) in [6.07, 6.45) is 5.94. The van der Waals surface area contributed by atoms with Gasteiger partial charge in [0.05, 0.1) is 18.4 Å². The van der Waals surface area contributed by atoms with Gasteiger partial charge in [0.1, 0.15) is 11.6 Å². The monoisotopic (exact) mass is 337 g/mol. The Balaban J connectivity index is 1.63. The van der Waals surface area contributed by atoms with E-state index < -0.39 is 0 Å². The minimum Gasteiger partial charge on any atom is -0.496 e. The van der Waals surface area contributed by atoms with E-state index >= 15 is 0 Å². The second-order valence-corrected chi connectivity index (χ2v) is 6.55. The first-order chi connectivity index (χ1) is 12.2. The summed E-state index contributed by atoms with van der Waals surface area (Å²) in [4.78, 5) is 12.5. The first-order valence-electron chi connectivity index (χ1n) is 8.70. The van der Waals surface area contributed by atoms with E-state index in [9.17, 15) is 0 Å². The third kappa shape index (κ3) is 3.30. The predicted octanol–water partition coefficient (Wildman–Crippen LogP) is 3.11. The summed E-state index contributed by atoms with van der Waals surface area (Å²) in [7, 11) is 1.68. The van der Waals surface area contributed by atoms with Crippen molar-refractivity contribution < 1.29 is 4.74 Å². The lowest BCUT2D eigenvalue weighted by atomic mass is 10.1. The maximum atomic E-state index is 5.60. The first kappa shape index (κ1) is 15.9. The summed E-state index contributed by atoms with van der Waals surface area (Å²) in [5, 5.41) is 7.99. The van der Waals surface area contributed by atoms with Crippen molar-refractivity contribution in [3.8, 4) is 17.0 Å².